The molecule has 0 bridgehead atoms. The van der Waals surface area contributed by atoms with Gasteiger partial charge in [-0.3, -0.25) is 0 Å². The number of para-hydroxylation sites is 4. The van der Waals surface area contributed by atoms with E-state index in [0.29, 0.717) is 0 Å². The van der Waals surface area contributed by atoms with E-state index in [1.165, 1.54) is 81.1 Å². The Hall–Kier alpha value is -1.94. The number of unbranched alkanes of at least 4 members (excludes halogenated alkanes) is 3. The highest BCUT2D eigenvalue weighted by atomic mass is 79.9. The fourth-order valence-corrected chi connectivity index (χ4v) is 8.63. The summed E-state index contributed by atoms with van der Waals surface area (Å²) < 4.78 is 2.12. The van der Waals surface area contributed by atoms with Crippen LogP contribution in [0.4, 0.5) is 22.7 Å². The zero-order valence-electron chi connectivity index (χ0n) is 27.7. The van der Waals surface area contributed by atoms with E-state index in [1.807, 2.05) is 23.5 Å². The normalized spacial score (nSPS) is 13.5. The van der Waals surface area contributed by atoms with Gasteiger partial charge in [0.15, 0.2) is 0 Å². The number of halogens is 2. The van der Waals surface area contributed by atoms with Gasteiger partial charge in [0.2, 0.25) is 0 Å². The Morgan fingerprint density at radius 3 is 1.00 bits per heavy atom. The van der Waals surface area contributed by atoms with Crippen LogP contribution in [0.15, 0.2) is 117 Å². The summed E-state index contributed by atoms with van der Waals surface area (Å²) in [6, 6.07) is 35.5. The minimum absolute atomic E-state index is 0. The fraction of sp³-hybridized carbons (Fsp3) is 0.368. The van der Waals surface area contributed by atoms with Gasteiger partial charge in [0.1, 0.15) is 0 Å². The van der Waals surface area contributed by atoms with Gasteiger partial charge in [0, 0.05) is 19.6 Å². The zero-order chi connectivity index (χ0) is 30.6. The van der Waals surface area contributed by atoms with Gasteiger partial charge < -0.3 is 52.7 Å². The van der Waals surface area contributed by atoms with Crippen molar-refractivity contribution in [3.8, 4) is 0 Å². The average Bonchev–Trinajstić information content (AvgIpc) is 3.03. The van der Waals surface area contributed by atoms with Crippen LogP contribution in [0.1, 0.15) is 25.7 Å². The van der Waals surface area contributed by atoms with Crippen molar-refractivity contribution in [2.45, 2.75) is 45.3 Å². The third-order valence-electron chi connectivity index (χ3n) is 9.20. The maximum Gasteiger partial charge on any atom is 0.0964 e. The molecule has 0 spiro atoms. The lowest BCUT2D eigenvalue weighted by atomic mass is 10.1. The molecule has 0 atom stereocenters. The first-order chi connectivity index (χ1) is 21.3. The summed E-state index contributed by atoms with van der Waals surface area (Å²) in [4.78, 5) is 10.5. The van der Waals surface area contributed by atoms with Crippen LogP contribution >= 0.6 is 23.5 Å². The zero-order valence-corrected chi connectivity index (χ0v) is 32.5. The number of rotatable bonds is 13. The van der Waals surface area contributed by atoms with E-state index in [9.17, 15) is 0 Å². The van der Waals surface area contributed by atoms with Gasteiger partial charge in [-0.15, -0.1) is 0 Å². The Balaban J connectivity index is 0.00000240. The largest absolute Gasteiger partial charge is 1.00 e. The molecule has 0 N–H and O–H groups in total. The van der Waals surface area contributed by atoms with E-state index in [-0.39, 0.29) is 34.0 Å². The Kier molecular flexibility index (Phi) is 13.2. The van der Waals surface area contributed by atoms with Crippen LogP contribution in [0.2, 0.25) is 0 Å². The predicted octanol–water partition coefficient (Wildman–Crippen LogP) is 3.31. The third kappa shape index (κ3) is 8.94. The lowest BCUT2D eigenvalue weighted by Crippen LogP contribution is -3.00. The van der Waals surface area contributed by atoms with Crippen molar-refractivity contribution in [2.24, 2.45) is 0 Å². The smallest absolute Gasteiger partial charge is 0.0964 e. The highest BCUT2D eigenvalue weighted by molar-refractivity contribution is 8.00. The van der Waals surface area contributed by atoms with Crippen LogP contribution in [0.5, 0.6) is 0 Å². The molecule has 0 aliphatic carbocycles. The van der Waals surface area contributed by atoms with Crippen molar-refractivity contribution in [1.82, 2.24) is 0 Å². The van der Waals surface area contributed by atoms with Crippen LogP contribution in [-0.4, -0.2) is 76.4 Å². The number of nitrogens with zero attached hydrogens (tertiary/aromatic N) is 4. The second kappa shape index (κ2) is 16.4. The SMILES string of the molecule is C[N+](C)(CCCCCC[N+](C)(C)CCN1c2ccccc2Sc2ccccc21)CCN1c2ccccc2Sc2ccccc21.[Br-].[Br-]. The van der Waals surface area contributed by atoms with Crippen molar-refractivity contribution in [3.05, 3.63) is 97.1 Å². The van der Waals surface area contributed by atoms with E-state index >= 15 is 0 Å². The van der Waals surface area contributed by atoms with Gasteiger partial charge in [-0.2, -0.15) is 0 Å². The lowest BCUT2D eigenvalue weighted by Gasteiger charge is -2.37. The summed E-state index contributed by atoms with van der Waals surface area (Å²) in [5.41, 5.74) is 5.41. The molecule has 2 aliphatic rings. The summed E-state index contributed by atoms with van der Waals surface area (Å²) in [5, 5.41) is 0. The Morgan fingerprint density at radius 1 is 0.413 bits per heavy atom. The molecule has 2 heterocycles. The highest BCUT2D eigenvalue weighted by Gasteiger charge is 2.27. The lowest BCUT2D eigenvalue weighted by molar-refractivity contribution is -0.889. The Morgan fingerprint density at radius 2 is 0.696 bits per heavy atom. The molecule has 0 saturated heterocycles. The topological polar surface area (TPSA) is 6.48 Å². The molecule has 0 amide bonds. The van der Waals surface area contributed by atoms with E-state index in [0.717, 1.165) is 35.1 Å². The first-order valence-corrected chi connectivity index (χ1v) is 17.8. The van der Waals surface area contributed by atoms with Crippen molar-refractivity contribution in [3.63, 3.8) is 0 Å². The monoisotopic (exact) mass is 782 g/mol. The van der Waals surface area contributed by atoms with Gasteiger partial charge in [-0.05, 0) is 74.2 Å². The molecule has 4 aromatic rings. The number of hydrogen-bond acceptors (Lipinski definition) is 4. The summed E-state index contributed by atoms with van der Waals surface area (Å²) in [6.07, 6.45) is 5.22. The minimum atomic E-state index is 0. The first kappa shape index (κ1) is 36.9. The van der Waals surface area contributed by atoms with Crippen LogP contribution in [0.25, 0.3) is 0 Å². The first-order valence-electron chi connectivity index (χ1n) is 16.2. The highest BCUT2D eigenvalue weighted by Crippen LogP contribution is 2.48. The maximum absolute atomic E-state index is 2.54. The van der Waals surface area contributed by atoms with E-state index in [2.05, 4.69) is 135 Å². The molecular formula is C38H48Br2N4S2. The molecule has 8 heteroatoms. The maximum atomic E-state index is 2.54. The second-order valence-electron chi connectivity index (χ2n) is 13.6. The number of hydrogen-bond donors (Lipinski definition) is 0. The third-order valence-corrected chi connectivity index (χ3v) is 11.5. The molecule has 0 saturated carbocycles. The molecule has 46 heavy (non-hydrogen) atoms. The summed E-state index contributed by atoms with van der Waals surface area (Å²) in [6.45, 7) is 6.82. The number of fused-ring (bicyclic) bond motifs is 4. The van der Waals surface area contributed by atoms with E-state index < -0.39 is 0 Å². The van der Waals surface area contributed by atoms with Gasteiger partial charge in [0.25, 0.3) is 0 Å². The number of anilines is 4. The van der Waals surface area contributed by atoms with Crippen molar-refractivity contribution in [1.29, 1.82) is 0 Å². The second-order valence-corrected chi connectivity index (χ2v) is 15.7. The van der Waals surface area contributed by atoms with Crippen LogP contribution in [0.3, 0.4) is 0 Å². The molecule has 0 aromatic heterocycles. The molecule has 6 rings (SSSR count). The molecule has 0 unspecified atom stereocenters. The molecule has 4 aromatic carbocycles. The van der Waals surface area contributed by atoms with Gasteiger partial charge in [-0.1, -0.05) is 72.1 Å². The Bertz CT molecular complexity index is 1370. The molecule has 0 fully saturated rings. The van der Waals surface area contributed by atoms with Crippen molar-refractivity contribution < 1.29 is 42.9 Å². The molecular weight excluding hydrogens is 736 g/mol. The van der Waals surface area contributed by atoms with Gasteiger partial charge in [-0.25, -0.2) is 0 Å². The quantitative estimate of drug-likeness (QED) is 0.152. The molecule has 2 aliphatic heterocycles. The Labute approximate surface area is 306 Å². The number of benzene rings is 4. The fourth-order valence-electron chi connectivity index (χ4n) is 6.44. The summed E-state index contributed by atoms with van der Waals surface area (Å²) in [7, 11) is 9.63. The standard InChI is InChI=1S/C38H48N4S2.2BrH/c1-41(2,29-25-39-31-17-7-11-21-35(31)43-36-22-12-8-18-32(36)39)27-15-5-6-16-28-42(3,4)30-26-40-33-19-9-13-23-37(33)44-38-24-14-10-20-34(38)40;;/h7-14,17-24H,5-6,15-16,25-30H2,1-4H3;2*1H/q+2;;/p-2. The minimum Gasteiger partial charge on any atom is -1.00 e. The number of quaternary nitrogens is 2. The van der Waals surface area contributed by atoms with Gasteiger partial charge >= 0.3 is 0 Å². The van der Waals surface area contributed by atoms with Crippen molar-refractivity contribution in [2.75, 3.05) is 77.3 Å². The van der Waals surface area contributed by atoms with Crippen LogP contribution < -0.4 is 43.8 Å². The van der Waals surface area contributed by atoms with E-state index in [1.54, 1.807) is 0 Å². The number of likely N-dealkylation sites (N-methyl/N-ethyl adjacent to an activating group) is 2. The van der Waals surface area contributed by atoms with E-state index in [4.69, 9.17) is 0 Å². The van der Waals surface area contributed by atoms with Gasteiger partial charge in [0.05, 0.1) is 90.2 Å². The molecule has 246 valence electrons. The average molecular weight is 785 g/mol. The van der Waals surface area contributed by atoms with Crippen LogP contribution in [0, 0.1) is 0 Å². The van der Waals surface area contributed by atoms with Crippen molar-refractivity contribution >= 4 is 46.3 Å². The summed E-state index contributed by atoms with van der Waals surface area (Å²) in [5.74, 6) is 0. The molecule has 4 nitrogen and oxygen atoms in total. The molecule has 0 radical (unpaired) electrons. The predicted molar refractivity (Wildman–Crippen MR) is 190 cm³/mol. The van der Waals surface area contributed by atoms with Crippen LogP contribution in [-0.2, 0) is 0 Å². The summed E-state index contributed by atoms with van der Waals surface area (Å²) >= 11 is 3.79.